The van der Waals surface area contributed by atoms with Gasteiger partial charge in [0.25, 0.3) is 0 Å². The van der Waals surface area contributed by atoms with E-state index in [1.54, 1.807) is 0 Å². The van der Waals surface area contributed by atoms with Crippen LogP contribution < -0.4 is 4.74 Å². The van der Waals surface area contributed by atoms with E-state index in [0.29, 0.717) is 0 Å². The van der Waals surface area contributed by atoms with Crippen molar-refractivity contribution in [1.29, 1.82) is 0 Å². The van der Waals surface area contributed by atoms with Crippen molar-refractivity contribution >= 4 is 5.78 Å². The molecular weight excluding hydrogens is 236 g/mol. The van der Waals surface area contributed by atoms with E-state index in [1.165, 1.54) is 51.0 Å². The van der Waals surface area contributed by atoms with Gasteiger partial charge in [0.05, 0.1) is 0 Å². The zero-order valence-corrected chi connectivity index (χ0v) is 12.3. The van der Waals surface area contributed by atoms with Gasteiger partial charge in [-0.1, -0.05) is 51.2 Å². The van der Waals surface area contributed by atoms with Crippen LogP contribution in [0.3, 0.4) is 0 Å². The molecule has 1 aromatic rings. The highest BCUT2D eigenvalue weighted by atomic mass is 16.5. The third kappa shape index (κ3) is 7.66. The fraction of sp³-hybridized carbons (Fsp3) is 0.588. The number of rotatable bonds is 10. The van der Waals surface area contributed by atoms with Gasteiger partial charge in [-0.2, -0.15) is 0 Å². The minimum Gasteiger partial charge on any atom is -0.486 e. The van der Waals surface area contributed by atoms with Crippen LogP contribution >= 0.6 is 0 Å². The zero-order chi connectivity index (χ0) is 13.9. The van der Waals surface area contributed by atoms with Gasteiger partial charge in [-0.05, 0) is 37.5 Å². The van der Waals surface area contributed by atoms with Crippen LogP contribution in [0.5, 0.6) is 5.75 Å². The number of carbonyl (C=O) groups is 1. The summed E-state index contributed by atoms with van der Waals surface area (Å²) >= 11 is 0. The average molecular weight is 262 g/mol. The lowest BCUT2D eigenvalue weighted by Gasteiger charge is -2.05. The molecule has 0 saturated heterocycles. The van der Waals surface area contributed by atoms with Gasteiger partial charge in [-0.3, -0.25) is 4.79 Å². The molecule has 0 aliphatic rings. The lowest BCUT2D eigenvalue weighted by Crippen LogP contribution is -2.06. The molecule has 0 aliphatic heterocycles. The van der Waals surface area contributed by atoms with Crippen LogP contribution in [0.4, 0.5) is 0 Å². The highest BCUT2D eigenvalue weighted by molar-refractivity contribution is 5.77. The molecule has 106 valence electrons. The summed E-state index contributed by atoms with van der Waals surface area (Å²) in [6, 6.07) is 8.10. The molecule has 2 nitrogen and oxygen atoms in total. The van der Waals surface area contributed by atoms with Crippen molar-refractivity contribution in [2.24, 2.45) is 0 Å². The highest BCUT2D eigenvalue weighted by Crippen LogP contribution is 2.15. The number of ether oxygens (including phenoxy) is 1. The van der Waals surface area contributed by atoms with E-state index in [2.05, 4.69) is 19.1 Å². The van der Waals surface area contributed by atoms with Crippen LogP contribution in [-0.4, -0.2) is 12.4 Å². The predicted molar refractivity (Wildman–Crippen MR) is 79.7 cm³/mol. The second-order valence-electron chi connectivity index (χ2n) is 5.15. The zero-order valence-electron chi connectivity index (χ0n) is 12.3. The number of benzene rings is 1. The summed E-state index contributed by atoms with van der Waals surface area (Å²) in [5.74, 6) is 0.832. The molecule has 0 N–H and O–H groups in total. The average Bonchev–Trinajstić information content (AvgIpc) is 2.41. The van der Waals surface area contributed by atoms with Gasteiger partial charge < -0.3 is 4.74 Å². The molecule has 0 unspecified atom stereocenters. The minimum absolute atomic E-state index is 0.0520. The first-order chi connectivity index (χ1) is 9.22. The van der Waals surface area contributed by atoms with E-state index < -0.39 is 0 Å². The van der Waals surface area contributed by atoms with E-state index in [9.17, 15) is 4.79 Å². The van der Waals surface area contributed by atoms with Crippen molar-refractivity contribution in [3.8, 4) is 5.75 Å². The lowest BCUT2D eigenvalue weighted by atomic mass is 10.0. The Kier molecular flexibility index (Phi) is 7.95. The van der Waals surface area contributed by atoms with Crippen molar-refractivity contribution in [2.45, 2.75) is 58.8 Å². The Balaban J connectivity index is 2.19. The third-order valence-electron chi connectivity index (χ3n) is 3.18. The quantitative estimate of drug-likeness (QED) is 0.578. The summed E-state index contributed by atoms with van der Waals surface area (Å²) in [6.45, 7) is 3.94. The van der Waals surface area contributed by atoms with Gasteiger partial charge in [-0.15, -0.1) is 0 Å². The van der Waals surface area contributed by atoms with Gasteiger partial charge in [0.15, 0.2) is 5.78 Å². The molecule has 1 rings (SSSR count). The first kappa shape index (κ1) is 15.7. The SMILES string of the molecule is CCCCCCCCc1ccc(OCC(C)=O)cc1. The van der Waals surface area contributed by atoms with Crippen LogP contribution in [0.1, 0.15) is 57.9 Å². The Hall–Kier alpha value is -1.31. The number of Topliss-reactive ketones (excluding diaryl/α,β-unsaturated/α-hetero) is 1. The normalized spacial score (nSPS) is 10.4. The maximum Gasteiger partial charge on any atom is 0.167 e. The standard InChI is InChI=1S/C17H26O2/c1-3-4-5-6-7-8-9-16-10-12-17(13-11-16)19-14-15(2)18/h10-13H,3-9,14H2,1-2H3. The number of ketones is 1. The fourth-order valence-corrected chi connectivity index (χ4v) is 2.05. The Morgan fingerprint density at radius 1 is 1.00 bits per heavy atom. The summed E-state index contributed by atoms with van der Waals surface area (Å²) in [7, 11) is 0. The van der Waals surface area contributed by atoms with Crippen LogP contribution in [0, 0.1) is 0 Å². The Labute approximate surface area is 117 Å². The van der Waals surface area contributed by atoms with Crippen LogP contribution in [0.2, 0.25) is 0 Å². The number of hydrogen-bond donors (Lipinski definition) is 0. The summed E-state index contributed by atoms with van der Waals surface area (Å²) in [6.07, 6.45) is 9.12. The molecule has 1 aromatic carbocycles. The van der Waals surface area contributed by atoms with Crippen molar-refractivity contribution in [3.05, 3.63) is 29.8 Å². The summed E-state index contributed by atoms with van der Waals surface area (Å²) in [5, 5.41) is 0. The minimum atomic E-state index is 0.0520. The second kappa shape index (κ2) is 9.60. The first-order valence-corrected chi connectivity index (χ1v) is 7.43. The summed E-state index contributed by atoms with van der Waals surface area (Å²) in [5.41, 5.74) is 1.35. The highest BCUT2D eigenvalue weighted by Gasteiger charge is 1.98. The molecule has 0 saturated carbocycles. The number of aryl methyl sites for hydroxylation is 1. The van der Waals surface area contributed by atoms with Crippen molar-refractivity contribution in [1.82, 2.24) is 0 Å². The molecule has 0 bridgehead atoms. The fourth-order valence-electron chi connectivity index (χ4n) is 2.05. The van der Waals surface area contributed by atoms with E-state index in [1.807, 2.05) is 12.1 Å². The molecular formula is C17H26O2. The van der Waals surface area contributed by atoms with E-state index in [4.69, 9.17) is 4.74 Å². The maximum absolute atomic E-state index is 10.8. The van der Waals surface area contributed by atoms with E-state index >= 15 is 0 Å². The Morgan fingerprint density at radius 3 is 2.26 bits per heavy atom. The maximum atomic E-state index is 10.8. The molecule has 19 heavy (non-hydrogen) atoms. The Bertz CT molecular complexity index is 354. The predicted octanol–water partition coefficient (Wildman–Crippen LogP) is 4.56. The van der Waals surface area contributed by atoms with E-state index in [-0.39, 0.29) is 12.4 Å². The molecule has 0 aliphatic carbocycles. The van der Waals surface area contributed by atoms with Crippen molar-refractivity contribution in [2.75, 3.05) is 6.61 Å². The van der Waals surface area contributed by atoms with Gasteiger partial charge >= 0.3 is 0 Å². The monoisotopic (exact) mass is 262 g/mol. The third-order valence-corrected chi connectivity index (χ3v) is 3.18. The molecule has 0 atom stereocenters. The first-order valence-electron chi connectivity index (χ1n) is 7.43. The van der Waals surface area contributed by atoms with Gasteiger partial charge in [0, 0.05) is 0 Å². The Morgan fingerprint density at radius 2 is 1.63 bits per heavy atom. The second-order valence-corrected chi connectivity index (χ2v) is 5.15. The van der Waals surface area contributed by atoms with Gasteiger partial charge in [0.2, 0.25) is 0 Å². The molecule has 0 spiro atoms. The number of unbranched alkanes of at least 4 members (excludes halogenated alkanes) is 5. The van der Waals surface area contributed by atoms with Gasteiger partial charge in [0.1, 0.15) is 12.4 Å². The molecule has 0 heterocycles. The smallest absolute Gasteiger partial charge is 0.167 e. The van der Waals surface area contributed by atoms with Crippen LogP contribution in [0.15, 0.2) is 24.3 Å². The molecule has 0 aromatic heterocycles. The van der Waals surface area contributed by atoms with Crippen LogP contribution in [-0.2, 0) is 11.2 Å². The van der Waals surface area contributed by atoms with Gasteiger partial charge in [-0.25, -0.2) is 0 Å². The van der Waals surface area contributed by atoms with E-state index in [0.717, 1.165) is 12.2 Å². The molecule has 2 heteroatoms. The topological polar surface area (TPSA) is 26.3 Å². The van der Waals surface area contributed by atoms with Crippen molar-refractivity contribution in [3.63, 3.8) is 0 Å². The summed E-state index contributed by atoms with van der Waals surface area (Å²) < 4.78 is 5.34. The molecule has 0 amide bonds. The number of carbonyl (C=O) groups excluding carboxylic acids is 1. The molecule has 0 radical (unpaired) electrons. The summed E-state index contributed by atoms with van der Waals surface area (Å²) in [4.78, 5) is 10.8. The molecule has 0 fully saturated rings. The number of hydrogen-bond acceptors (Lipinski definition) is 2. The van der Waals surface area contributed by atoms with Crippen molar-refractivity contribution < 1.29 is 9.53 Å². The largest absolute Gasteiger partial charge is 0.486 e. The lowest BCUT2D eigenvalue weighted by molar-refractivity contribution is -0.118. The van der Waals surface area contributed by atoms with Crippen LogP contribution in [0.25, 0.3) is 0 Å².